The van der Waals surface area contributed by atoms with E-state index in [1.54, 1.807) is 0 Å². The van der Waals surface area contributed by atoms with Crippen molar-refractivity contribution in [1.29, 1.82) is 0 Å². The zero-order chi connectivity index (χ0) is 13.1. The van der Waals surface area contributed by atoms with Crippen LogP contribution in [0.25, 0.3) is 0 Å². The molecule has 0 saturated heterocycles. The number of aryl methyl sites for hydroxylation is 2. The number of carbonyl (C=O) groups excluding carboxylic acids is 1. The molecule has 18 heavy (non-hydrogen) atoms. The monoisotopic (exact) mass is 303 g/mol. The zero-order valence-corrected chi connectivity index (χ0v) is 11.9. The van der Waals surface area contributed by atoms with Gasteiger partial charge in [0.2, 0.25) is 0 Å². The molecule has 0 atom stereocenters. The molecule has 0 unspecified atom stereocenters. The van der Waals surface area contributed by atoms with E-state index in [1.165, 1.54) is 0 Å². The maximum Gasteiger partial charge on any atom is 0.256 e. The molecule has 0 heterocycles. The maximum atomic E-state index is 12.2. The highest BCUT2D eigenvalue weighted by Crippen LogP contribution is 2.20. The van der Waals surface area contributed by atoms with E-state index in [2.05, 4.69) is 21.2 Å². The van der Waals surface area contributed by atoms with Gasteiger partial charge in [0.1, 0.15) is 0 Å². The summed E-state index contributed by atoms with van der Waals surface area (Å²) in [5.74, 6) is -0.101. The molecule has 1 amide bonds. The number of hydrogen-bond acceptors (Lipinski definition) is 1. The molecular weight excluding hydrogens is 290 g/mol. The summed E-state index contributed by atoms with van der Waals surface area (Å²) in [6.07, 6.45) is 0. The average molecular weight is 304 g/mol. The molecule has 0 bridgehead atoms. The standard InChI is InChI=1S/C15H14BrNO/c1-10-4-3-5-12(8-10)17-15(18)13-9-11(2)6-7-14(13)16/h3-9H,1-2H3,(H,17,18). The molecule has 92 valence electrons. The normalized spacial score (nSPS) is 10.2. The quantitative estimate of drug-likeness (QED) is 0.879. The van der Waals surface area contributed by atoms with Gasteiger partial charge >= 0.3 is 0 Å². The molecular formula is C15H14BrNO. The number of halogens is 1. The van der Waals surface area contributed by atoms with Crippen LogP contribution in [0.15, 0.2) is 46.9 Å². The predicted molar refractivity (Wildman–Crippen MR) is 78.0 cm³/mol. The van der Waals surface area contributed by atoms with Gasteiger partial charge in [0.05, 0.1) is 5.56 Å². The van der Waals surface area contributed by atoms with Crippen molar-refractivity contribution < 1.29 is 4.79 Å². The van der Waals surface area contributed by atoms with Gasteiger partial charge in [0.15, 0.2) is 0 Å². The van der Waals surface area contributed by atoms with E-state index >= 15 is 0 Å². The lowest BCUT2D eigenvalue weighted by Gasteiger charge is -2.08. The van der Waals surface area contributed by atoms with Gasteiger partial charge in [-0.2, -0.15) is 0 Å². The molecule has 3 heteroatoms. The lowest BCUT2D eigenvalue weighted by molar-refractivity contribution is 0.102. The van der Waals surface area contributed by atoms with Gasteiger partial charge in [0, 0.05) is 10.2 Å². The van der Waals surface area contributed by atoms with Crippen LogP contribution in [-0.4, -0.2) is 5.91 Å². The molecule has 0 saturated carbocycles. The Kier molecular flexibility index (Phi) is 3.82. The zero-order valence-electron chi connectivity index (χ0n) is 10.3. The van der Waals surface area contributed by atoms with Gasteiger partial charge in [-0.25, -0.2) is 0 Å². The Morgan fingerprint density at radius 2 is 1.78 bits per heavy atom. The number of amides is 1. The van der Waals surface area contributed by atoms with Crippen LogP contribution in [0.2, 0.25) is 0 Å². The first-order valence-electron chi connectivity index (χ1n) is 5.70. The summed E-state index contributed by atoms with van der Waals surface area (Å²) in [7, 11) is 0. The molecule has 0 radical (unpaired) electrons. The average Bonchev–Trinajstić information content (AvgIpc) is 2.32. The molecule has 0 aliphatic rings. The van der Waals surface area contributed by atoms with E-state index in [4.69, 9.17) is 0 Å². The van der Waals surface area contributed by atoms with Crippen molar-refractivity contribution in [2.75, 3.05) is 5.32 Å². The van der Waals surface area contributed by atoms with E-state index in [0.29, 0.717) is 5.56 Å². The highest BCUT2D eigenvalue weighted by atomic mass is 79.9. The molecule has 2 nitrogen and oxygen atoms in total. The summed E-state index contributed by atoms with van der Waals surface area (Å²) in [6.45, 7) is 3.97. The van der Waals surface area contributed by atoms with Crippen LogP contribution in [0.3, 0.4) is 0 Å². The second-order valence-corrected chi connectivity index (χ2v) is 5.16. The van der Waals surface area contributed by atoms with Crippen LogP contribution >= 0.6 is 15.9 Å². The minimum Gasteiger partial charge on any atom is -0.322 e. The summed E-state index contributed by atoms with van der Waals surface area (Å²) in [6, 6.07) is 13.5. The highest BCUT2D eigenvalue weighted by Gasteiger charge is 2.10. The third kappa shape index (κ3) is 2.99. The molecule has 0 fully saturated rings. The van der Waals surface area contributed by atoms with Gasteiger partial charge in [-0.15, -0.1) is 0 Å². The molecule has 2 rings (SSSR count). The van der Waals surface area contributed by atoms with Crippen LogP contribution in [0.4, 0.5) is 5.69 Å². The van der Waals surface area contributed by atoms with Gasteiger partial charge in [0.25, 0.3) is 5.91 Å². The van der Waals surface area contributed by atoms with E-state index in [9.17, 15) is 4.79 Å². The van der Waals surface area contributed by atoms with E-state index in [-0.39, 0.29) is 5.91 Å². The second-order valence-electron chi connectivity index (χ2n) is 4.31. The van der Waals surface area contributed by atoms with Crippen molar-refractivity contribution in [2.45, 2.75) is 13.8 Å². The van der Waals surface area contributed by atoms with Crippen LogP contribution in [0.1, 0.15) is 21.5 Å². The number of rotatable bonds is 2. The predicted octanol–water partition coefficient (Wildman–Crippen LogP) is 4.32. The SMILES string of the molecule is Cc1cccc(NC(=O)c2cc(C)ccc2Br)c1. The first kappa shape index (κ1) is 12.8. The number of carbonyl (C=O) groups is 1. The lowest BCUT2D eigenvalue weighted by atomic mass is 10.1. The molecule has 0 aliphatic carbocycles. The Labute approximate surface area is 115 Å². The first-order chi connectivity index (χ1) is 8.56. The van der Waals surface area contributed by atoms with Crippen molar-refractivity contribution in [1.82, 2.24) is 0 Å². The Bertz CT molecular complexity index is 593. The van der Waals surface area contributed by atoms with Crippen LogP contribution in [0.5, 0.6) is 0 Å². The minimum atomic E-state index is -0.101. The van der Waals surface area contributed by atoms with Gasteiger partial charge in [-0.1, -0.05) is 23.8 Å². The molecule has 2 aromatic rings. The van der Waals surface area contributed by atoms with Gasteiger partial charge in [-0.3, -0.25) is 4.79 Å². The smallest absolute Gasteiger partial charge is 0.256 e. The Hall–Kier alpha value is -1.61. The third-order valence-corrected chi connectivity index (χ3v) is 3.33. The topological polar surface area (TPSA) is 29.1 Å². The summed E-state index contributed by atoms with van der Waals surface area (Å²) in [5, 5.41) is 2.90. The van der Waals surface area contributed by atoms with Crippen molar-refractivity contribution >= 4 is 27.5 Å². The van der Waals surface area contributed by atoms with Crippen LogP contribution < -0.4 is 5.32 Å². The largest absolute Gasteiger partial charge is 0.322 e. The van der Waals surface area contributed by atoms with Crippen LogP contribution in [0, 0.1) is 13.8 Å². The summed E-state index contributed by atoms with van der Waals surface area (Å²) in [5.41, 5.74) is 3.65. The summed E-state index contributed by atoms with van der Waals surface area (Å²) < 4.78 is 0.804. The van der Waals surface area contributed by atoms with E-state index in [1.807, 2.05) is 56.3 Å². The molecule has 0 aromatic heterocycles. The number of anilines is 1. The number of benzene rings is 2. The van der Waals surface area contributed by atoms with Crippen molar-refractivity contribution in [3.05, 3.63) is 63.6 Å². The van der Waals surface area contributed by atoms with Crippen LogP contribution in [-0.2, 0) is 0 Å². The number of nitrogens with one attached hydrogen (secondary N) is 1. The fourth-order valence-corrected chi connectivity index (χ4v) is 2.16. The Morgan fingerprint density at radius 3 is 2.50 bits per heavy atom. The first-order valence-corrected chi connectivity index (χ1v) is 6.50. The molecule has 1 N–H and O–H groups in total. The molecule has 0 aliphatic heterocycles. The highest BCUT2D eigenvalue weighted by molar-refractivity contribution is 9.10. The third-order valence-electron chi connectivity index (χ3n) is 2.64. The minimum absolute atomic E-state index is 0.101. The van der Waals surface area contributed by atoms with Crippen molar-refractivity contribution in [3.63, 3.8) is 0 Å². The van der Waals surface area contributed by atoms with Crippen molar-refractivity contribution in [2.24, 2.45) is 0 Å². The van der Waals surface area contributed by atoms with E-state index < -0.39 is 0 Å². The molecule has 2 aromatic carbocycles. The Balaban J connectivity index is 2.24. The molecule has 0 spiro atoms. The van der Waals surface area contributed by atoms with Gasteiger partial charge in [-0.05, 0) is 59.6 Å². The maximum absolute atomic E-state index is 12.2. The fraction of sp³-hybridized carbons (Fsp3) is 0.133. The summed E-state index contributed by atoms with van der Waals surface area (Å²) in [4.78, 5) is 12.2. The lowest BCUT2D eigenvalue weighted by Crippen LogP contribution is -2.12. The fourth-order valence-electron chi connectivity index (χ4n) is 1.73. The second kappa shape index (κ2) is 5.36. The van der Waals surface area contributed by atoms with Gasteiger partial charge < -0.3 is 5.32 Å². The van der Waals surface area contributed by atoms with Crippen molar-refractivity contribution in [3.8, 4) is 0 Å². The summed E-state index contributed by atoms with van der Waals surface area (Å²) >= 11 is 3.40. The van der Waals surface area contributed by atoms with E-state index in [0.717, 1.165) is 21.3 Å². The number of hydrogen-bond donors (Lipinski definition) is 1. The Morgan fingerprint density at radius 1 is 1.06 bits per heavy atom.